The van der Waals surface area contributed by atoms with Crippen LogP contribution in [-0.4, -0.2) is 20.9 Å². The van der Waals surface area contributed by atoms with Gasteiger partial charge in [-0.25, -0.2) is 20.8 Å². The molecule has 2 aromatic rings. The molecule has 0 spiro atoms. The minimum atomic E-state index is -0.327. The van der Waals surface area contributed by atoms with Gasteiger partial charge < -0.3 is 5.43 Å². The number of carbonyl (C=O) groups excluding carboxylic acids is 1. The number of hydrogen-bond donors (Lipinski definition) is 3. The first-order chi connectivity index (χ1) is 8.29. The normalized spacial score (nSPS) is 9.71. The van der Waals surface area contributed by atoms with Crippen molar-refractivity contribution in [2.45, 2.75) is 0 Å². The Morgan fingerprint density at radius 3 is 2.53 bits per heavy atom. The molecule has 7 heteroatoms. The zero-order chi connectivity index (χ0) is 12.1. The third-order valence-corrected chi connectivity index (χ3v) is 1.96. The molecule has 0 unspecified atom stereocenters. The molecule has 0 fully saturated rings. The molecule has 2 heterocycles. The van der Waals surface area contributed by atoms with E-state index in [9.17, 15) is 4.79 Å². The summed E-state index contributed by atoms with van der Waals surface area (Å²) in [6.45, 7) is 0. The van der Waals surface area contributed by atoms with Gasteiger partial charge in [0.25, 0.3) is 5.91 Å². The number of rotatable bonds is 3. The first kappa shape index (κ1) is 11.0. The largest absolute Gasteiger partial charge is 0.308 e. The summed E-state index contributed by atoms with van der Waals surface area (Å²) in [5.41, 5.74) is 2.77. The molecule has 7 nitrogen and oxygen atoms in total. The van der Waals surface area contributed by atoms with Gasteiger partial charge in [0.05, 0.1) is 5.56 Å². The average molecular weight is 230 g/mol. The van der Waals surface area contributed by atoms with Crippen LogP contribution in [0.25, 0.3) is 0 Å². The van der Waals surface area contributed by atoms with Crippen molar-refractivity contribution in [3.8, 4) is 0 Å². The molecule has 2 rings (SSSR count). The first-order valence-electron chi connectivity index (χ1n) is 4.80. The van der Waals surface area contributed by atoms with Crippen LogP contribution < -0.4 is 16.6 Å². The Morgan fingerprint density at radius 1 is 1.18 bits per heavy atom. The van der Waals surface area contributed by atoms with Crippen LogP contribution in [0.5, 0.6) is 0 Å². The number of anilines is 2. The van der Waals surface area contributed by atoms with Gasteiger partial charge in [0.1, 0.15) is 5.82 Å². The third kappa shape index (κ3) is 2.73. The molecule has 0 aromatic carbocycles. The highest BCUT2D eigenvalue weighted by Crippen LogP contribution is 2.05. The van der Waals surface area contributed by atoms with E-state index in [1.807, 2.05) is 0 Å². The molecule has 0 atom stereocenters. The monoisotopic (exact) mass is 230 g/mol. The SMILES string of the molecule is NNc1ccc(C(=O)Nc2ncccn2)cn1. The summed E-state index contributed by atoms with van der Waals surface area (Å²) in [5.74, 6) is 5.57. The second-order valence-corrected chi connectivity index (χ2v) is 3.10. The van der Waals surface area contributed by atoms with Crippen molar-refractivity contribution in [3.05, 3.63) is 42.4 Å². The lowest BCUT2D eigenvalue weighted by Gasteiger charge is -2.03. The van der Waals surface area contributed by atoms with E-state index in [0.29, 0.717) is 11.4 Å². The molecule has 0 bridgehead atoms. The lowest BCUT2D eigenvalue weighted by molar-refractivity contribution is 0.102. The minimum Gasteiger partial charge on any atom is -0.308 e. The summed E-state index contributed by atoms with van der Waals surface area (Å²) in [5, 5.41) is 2.54. The number of nitrogens with zero attached hydrogens (tertiary/aromatic N) is 3. The van der Waals surface area contributed by atoms with Crippen LogP contribution in [0.1, 0.15) is 10.4 Å². The van der Waals surface area contributed by atoms with E-state index in [-0.39, 0.29) is 11.9 Å². The first-order valence-corrected chi connectivity index (χ1v) is 4.80. The van der Waals surface area contributed by atoms with Gasteiger partial charge in [-0.3, -0.25) is 10.1 Å². The fourth-order valence-electron chi connectivity index (χ4n) is 1.15. The highest BCUT2D eigenvalue weighted by Gasteiger charge is 2.07. The van der Waals surface area contributed by atoms with E-state index in [4.69, 9.17) is 5.84 Å². The van der Waals surface area contributed by atoms with Crippen molar-refractivity contribution in [2.75, 3.05) is 10.7 Å². The Labute approximate surface area is 97.1 Å². The summed E-state index contributed by atoms with van der Waals surface area (Å²) in [7, 11) is 0. The van der Waals surface area contributed by atoms with Crippen molar-refractivity contribution >= 4 is 17.7 Å². The molecular formula is C10H10N6O. The number of hydrogen-bond acceptors (Lipinski definition) is 6. The summed E-state index contributed by atoms with van der Waals surface area (Å²) < 4.78 is 0. The number of nitrogens with one attached hydrogen (secondary N) is 2. The topological polar surface area (TPSA) is 106 Å². The molecule has 0 radical (unpaired) electrons. The molecule has 0 saturated heterocycles. The summed E-state index contributed by atoms with van der Waals surface area (Å²) >= 11 is 0. The zero-order valence-electron chi connectivity index (χ0n) is 8.79. The van der Waals surface area contributed by atoms with Crippen LogP contribution in [0.2, 0.25) is 0 Å². The van der Waals surface area contributed by atoms with Crippen molar-refractivity contribution in [1.29, 1.82) is 0 Å². The fraction of sp³-hybridized carbons (Fsp3) is 0. The van der Waals surface area contributed by atoms with Crippen molar-refractivity contribution in [3.63, 3.8) is 0 Å². The van der Waals surface area contributed by atoms with Gasteiger partial charge in [0.15, 0.2) is 0 Å². The van der Waals surface area contributed by atoms with E-state index in [2.05, 4.69) is 25.7 Å². The number of pyridine rings is 1. The smallest absolute Gasteiger partial charge is 0.259 e. The molecule has 86 valence electrons. The molecular weight excluding hydrogens is 220 g/mol. The van der Waals surface area contributed by atoms with Crippen LogP contribution in [-0.2, 0) is 0 Å². The minimum absolute atomic E-state index is 0.249. The Bertz CT molecular complexity index is 498. The molecule has 0 aliphatic carbocycles. The second-order valence-electron chi connectivity index (χ2n) is 3.10. The van der Waals surface area contributed by atoms with E-state index in [1.165, 1.54) is 6.20 Å². The Kier molecular flexibility index (Phi) is 3.22. The van der Waals surface area contributed by atoms with Gasteiger partial charge in [0.2, 0.25) is 5.95 Å². The Morgan fingerprint density at radius 2 is 1.94 bits per heavy atom. The quantitative estimate of drug-likeness (QED) is 0.521. The second kappa shape index (κ2) is 4.99. The molecule has 1 amide bonds. The number of amides is 1. The Balaban J connectivity index is 2.09. The zero-order valence-corrected chi connectivity index (χ0v) is 8.79. The van der Waals surface area contributed by atoms with Crippen LogP contribution in [0, 0.1) is 0 Å². The fourth-order valence-corrected chi connectivity index (χ4v) is 1.15. The van der Waals surface area contributed by atoms with Gasteiger partial charge in [0, 0.05) is 18.6 Å². The predicted octanol–water partition coefficient (Wildman–Crippen LogP) is 0.409. The molecule has 4 N–H and O–H groups in total. The lowest BCUT2D eigenvalue weighted by atomic mass is 10.2. The molecule has 17 heavy (non-hydrogen) atoms. The number of aromatic nitrogens is 3. The number of nitrogens with two attached hydrogens (primary N) is 1. The maximum absolute atomic E-state index is 11.7. The Hall–Kier alpha value is -2.54. The van der Waals surface area contributed by atoms with Gasteiger partial charge in [-0.05, 0) is 18.2 Å². The molecule has 2 aromatic heterocycles. The van der Waals surface area contributed by atoms with E-state index in [1.54, 1.807) is 30.6 Å². The number of hydrazine groups is 1. The van der Waals surface area contributed by atoms with Crippen molar-refractivity contribution in [1.82, 2.24) is 15.0 Å². The molecule has 0 aliphatic heterocycles. The third-order valence-electron chi connectivity index (χ3n) is 1.96. The number of carbonyl (C=O) groups is 1. The van der Waals surface area contributed by atoms with Crippen molar-refractivity contribution in [2.24, 2.45) is 5.84 Å². The van der Waals surface area contributed by atoms with Gasteiger partial charge in [-0.15, -0.1) is 0 Å². The standard InChI is InChI=1S/C10H10N6O/c11-16-8-3-2-7(6-14-8)9(17)15-10-12-4-1-5-13-10/h1-6H,11H2,(H,14,16)(H,12,13,15,17). The van der Waals surface area contributed by atoms with Crippen LogP contribution in [0.4, 0.5) is 11.8 Å². The molecule has 0 aliphatic rings. The van der Waals surface area contributed by atoms with Crippen LogP contribution in [0.3, 0.4) is 0 Å². The van der Waals surface area contributed by atoms with E-state index in [0.717, 1.165) is 0 Å². The maximum Gasteiger partial charge on any atom is 0.259 e. The number of nitrogen functional groups attached to an aromatic ring is 1. The van der Waals surface area contributed by atoms with E-state index >= 15 is 0 Å². The summed E-state index contributed by atoms with van der Waals surface area (Å²) in [6, 6.07) is 4.86. The van der Waals surface area contributed by atoms with Gasteiger partial charge in [-0.2, -0.15) is 0 Å². The van der Waals surface area contributed by atoms with Gasteiger partial charge >= 0.3 is 0 Å². The van der Waals surface area contributed by atoms with Crippen LogP contribution >= 0.6 is 0 Å². The highest BCUT2D eigenvalue weighted by molar-refractivity contribution is 6.03. The summed E-state index contributed by atoms with van der Waals surface area (Å²) in [4.78, 5) is 23.4. The average Bonchev–Trinajstić information content (AvgIpc) is 2.40. The highest BCUT2D eigenvalue weighted by atomic mass is 16.1. The maximum atomic E-state index is 11.7. The van der Waals surface area contributed by atoms with Gasteiger partial charge in [-0.1, -0.05) is 0 Å². The van der Waals surface area contributed by atoms with E-state index < -0.39 is 0 Å². The lowest BCUT2D eigenvalue weighted by Crippen LogP contribution is -2.15. The molecule has 0 saturated carbocycles. The summed E-state index contributed by atoms with van der Waals surface area (Å²) in [6.07, 6.45) is 4.50. The predicted molar refractivity (Wildman–Crippen MR) is 62.0 cm³/mol. The van der Waals surface area contributed by atoms with Crippen molar-refractivity contribution < 1.29 is 4.79 Å². The van der Waals surface area contributed by atoms with Crippen LogP contribution in [0.15, 0.2) is 36.8 Å².